The second-order valence-corrected chi connectivity index (χ2v) is 6.72. The maximum absolute atomic E-state index is 6.39. The highest BCUT2D eigenvalue weighted by atomic mass is 16.5. The molecule has 2 saturated carbocycles. The number of ether oxygens (including phenoxy) is 1. The number of benzene rings is 1. The first-order valence-corrected chi connectivity index (χ1v) is 8.12. The van der Waals surface area contributed by atoms with Gasteiger partial charge in [-0.25, -0.2) is 0 Å². The summed E-state index contributed by atoms with van der Waals surface area (Å²) >= 11 is 0. The van der Waals surface area contributed by atoms with Gasteiger partial charge in [0.05, 0.1) is 0 Å². The minimum Gasteiger partial charge on any atom is -0.490 e. The zero-order valence-electron chi connectivity index (χ0n) is 13.0. The van der Waals surface area contributed by atoms with Crippen molar-refractivity contribution in [3.8, 4) is 5.75 Å². The third-order valence-electron chi connectivity index (χ3n) is 5.24. The summed E-state index contributed by atoms with van der Waals surface area (Å²) in [4.78, 5) is 0. The SMILES string of the molecule is CCNC1CC(Oc2cc(C)cc(C)c2)C12CCCC2. The number of hydrogen-bond acceptors (Lipinski definition) is 2. The van der Waals surface area contributed by atoms with Crippen molar-refractivity contribution in [2.45, 2.75) is 65.0 Å². The Kier molecular flexibility index (Phi) is 3.76. The maximum atomic E-state index is 6.39. The fourth-order valence-corrected chi connectivity index (χ4v) is 4.31. The van der Waals surface area contributed by atoms with E-state index in [2.05, 4.69) is 44.3 Å². The Morgan fingerprint density at radius 1 is 1.15 bits per heavy atom. The minimum absolute atomic E-state index is 0.410. The van der Waals surface area contributed by atoms with Gasteiger partial charge in [-0.2, -0.15) is 0 Å². The number of hydrogen-bond donors (Lipinski definition) is 1. The molecule has 0 radical (unpaired) electrons. The second-order valence-electron chi connectivity index (χ2n) is 6.72. The molecule has 0 amide bonds. The molecule has 0 heterocycles. The molecule has 20 heavy (non-hydrogen) atoms. The van der Waals surface area contributed by atoms with E-state index in [-0.39, 0.29) is 0 Å². The Morgan fingerprint density at radius 3 is 2.40 bits per heavy atom. The summed E-state index contributed by atoms with van der Waals surface area (Å²) in [5.41, 5.74) is 3.00. The molecular weight excluding hydrogens is 246 g/mol. The van der Waals surface area contributed by atoms with Crippen molar-refractivity contribution in [3.63, 3.8) is 0 Å². The van der Waals surface area contributed by atoms with Crippen LogP contribution in [0.25, 0.3) is 0 Å². The van der Waals surface area contributed by atoms with Crippen LogP contribution in [0.2, 0.25) is 0 Å². The van der Waals surface area contributed by atoms with Gasteiger partial charge in [-0.1, -0.05) is 25.8 Å². The molecule has 110 valence electrons. The average molecular weight is 273 g/mol. The lowest BCUT2D eigenvalue weighted by atomic mass is 9.60. The van der Waals surface area contributed by atoms with Gasteiger partial charge in [0, 0.05) is 17.9 Å². The first-order chi connectivity index (χ1) is 9.64. The fourth-order valence-electron chi connectivity index (χ4n) is 4.31. The summed E-state index contributed by atoms with van der Waals surface area (Å²) in [6.45, 7) is 7.57. The molecule has 2 fully saturated rings. The largest absolute Gasteiger partial charge is 0.490 e. The van der Waals surface area contributed by atoms with Gasteiger partial charge in [0.1, 0.15) is 11.9 Å². The number of aryl methyl sites for hydroxylation is 2. The molecule has 0 bridgehead atoms. The molecule has 2 unspecified atom stereocenters. The van der Waals surface area contributed by atoms with Gasteiger partial charge >= 0.3 is 0 Å². The Morgan fingerprint density at radius 2 is 1.80 bits per heavy atom. The quantitative estimate of drug-likeness (QED) is 0.895. The lowest BCUT2D eigenvalue weighted by molar-refractivity contribution is -0.0755. The van der Waals surface area contributed by atoms with Crippen molar-refractivity contribution in [3.05, 3.63) is 29.3 Å². The summed E-state index contributed by atoms with van der Waals surface area (Å²) in [6, 6.07) is 7.23. The fraction of sp³-hybridized carbons (Fsp3) is 0.667. The molecule has 2 heteroatoms. The Labute approximate surface area is 122 Å². The molecule has 2 nitrogen and oxygen atoms in total. The van der Waals surface area contributed by atoms with Crippen molar-refractivity contribution >= 4 is 0 Å². The molecule has 2 aliphatic rings. The van der Waals surface area contributed by atoms with Gasteiger partial charge < -0.3 is 10.1 Å². The number of rotatable bonds is 4. The second kappa shape index (κ2) is 5.40. The van der Waals surface area contributed by atoms with E-state index in [4.69, 9.17) is 4.74 Å². The van der Waals surface area contributed by atoms with Gasteiger partial charge in [0.25, 0.3) is 0 Å². The first kappa shape index (κ1) is 13.9. The van der Waals surface area contributed by atoms with E-state index < -0.39 is 0 Å². The number of nitrogens with one attached hydrogen (secondary N) is 1. The van der Waals surface area contributed by atoms with E-state index in [0.29, 0.717) is 17.6 Å². The van der Waals surface area contributed by atoms with E-state index in [1.54, 1.807) is 0 Å². The lowest BCUT2D eigenvalue weighted by Crippen LogP contribution is -2.63. The molecule has 1 aromatic rings. The van der Waals surface area contributed by atoms with E-state index in [0.717, 1.165) is 12.3 Å². The van der Waals surface area contributed by atoms with Crippen LogP contribution in [0.4, 0.5) is 0 Å². The average Bonchev–Trinajstić information content (AvgIpc) is 2.88. The zero-order valence-corrected chi connectivity index (χ0v) is 13.0. The highest BCUT2D eigenvalue weighted by Crippen LogP contribution is 2.54. The summed E-state index contributed by atoms with van der Waals surface area (Å²) in [7, 11) is 0. The van der Waals surface area contributed by atoms with Gasteiger partial charge in [0.2, 0.25) is 0 Å². The standard InChI is InChI=1S/C18H27NO/c1-4-19-16-12-17(18(16)7-5-6-8-18)20-15-10-13(2)9-14(3)11-15/h9-11,16-17,19H,4-8,12H2,1-3H3. The van der Waals surface area contributed by atoms with Gasteiger partial charge in [-0.3, -0.25) is 0 Å². The first-order valence-electron chi connectivity index (χ1n) is 8.12. The van der Waals surface area contributed by atoms with E-state index >= 15 is 0 Å². The van der Waals surface area contributed by atoms with Gasteiger partial charge in [0.15, 0.2) is 0 Å². The van der Waals surface area contributed by atoms with E-state index in [1.165, 1.54) is 43.2 Å². The summed E-state index contributed by atoms with van der Waals surface area (Å²) in [5, 5.41) is 3.67. The smallest absolute Gasteiger partial charge is 0.120 e. The topological polar surface area (TPSA) is 21.3 Å². The van der Waals surface area contributed by atoms with E-state index in [9.17, 15) is 0 Å². The molecular formula is C18H27NO. The summed E-state index contributed by atoms with van der Waals surface area (Å²) in [5.74, 6) is 1.06. The maximum Gasteiger partial charge on any atom is 0.120 e. The highest BCUT2D eigenvalue weighted by Gasteiger charge is 2.57. The van der Waals surface area contributed by atoms with Crippen LogP contribution in [0.3, 0.4) is 0 Å². The molecule has 2 atom stereocenters. The van der Waals surface area contributed by atoms with Crippen LogP contribution in [-0.2, 0) is 0 Å². The van der Waals surface area contributed by atoms with Gasteiger partial charge in [-0.15, -0.1) is 0 Å². The summed E-state index contributed by atoms with van der Waals surface area (Å²) in [6.07, 6.45) is 6.99. The van der Waals surface area contributed by atoms with E-state index in [1.807, 2.05) is 0 Å². The molecule has 1 spiro atoms. The summed E-state index contributed by atoms with van der Waals surface area (Å²) < 4.78 is 6.39. The normalized spacial score (nSPS) is 27.6. The van der Waals surface area contributed by atoms with Crippen molar-refractivity contribution in [1.82, 2.24) is 5.32 Å². The minimum atomic E-state index is 0.410. The van der Waals surface area contributed by atoms with Crippen molar-refractivity contribution in [2.75, 3.05) is 6.54 Å². The molecule has 0 aromatic heterocycles. The predicted molar refractivity (Wildman–Crippen MR) is 83.3 cm³/mol. The van der Waals surface area contributed by atoms with Crippen molar-refractivity contribution in [1.29, 1.82) is 0 Å². The third kappa shape index (κ3) is 2.35. The van der Waals surface area contributed by atoms with Gasteiger partial charge in [-0.05, 0) is 56.5 Å². The van der Waals surface area contributed by atoms with Crippen LogP contribution in [0.1, 0.15) is 50.2 Å². The third-order valence-corrected chi connectivity index (χ3v) is 5.24. The van der Waals surface area contributed by atoms with Crippen LogP contribution in [0, 0.1) is 19.3 Å². The monoisotopic (exact) mass is 273 g/mol. The van der Waals surface area contributed by atoms with Crippen LogP contribution in [0.5, 0.6) is 5.75 Å². The Balaban J connectivity index is 1.74. The molecule has 0 aliphatic heterocycles. The zero-order chi connectivity index (χ0) is 14.2. The Hall–Kier alpha value is -1.02. The van der Waals surface area contributed by atoms with Crippen LogP contribution in [-0.4, -0.2) is 18.7 Å². The predicted octanol–water partition coefficient (Wildman–Crippen LogP) is 3.99. The van der Waals surface area contributed by atoms with Crippen molar-refractivity contribution in [2.24, 2.45) is 5.41 Å². The van der Waals surface area contributed by atoms with Crippen molar-refractivity contribution < 1.29 is 4.74 Å². The molecule has 1 aromatic carbocycles. The molecule has 3 rings (SSSR count). The van der Waals surface area contributed by atoms with Crippen LogP contribution < -0.4 is 10.1 Å². The Bertz CT molecular complexity index is 456. The molecule has 1 N–H and O–H groups in total. The lowest BCUT2D eigenvalue weighted by Gasteiger charge is -2.54. The van der Waals surface area contributed by atoms with Crippen LogP contribution in [0.15, 0.2) is 18.2 Å². The van der Waals surface area contributed by atoms with Crippen LogP contribution >= 0.6 is 0 Å². The highest BCUT2D eigenvalue weighted by molar-refractivity contribution is 5.33. The molecule has 2 aliphatic carbocycles. The molecule has 0 saturated heterocycles.